The van der Waals surface area contributed by atoms with E-state index in [1.165, 1.54) is 16.2 Å². The lowest BCUT2D eigenvalue weighted by atomic mass is 10.1. The third kappa shape index (κ3) is 3.64. The number of benzene rings is 2. The zero-order chi connectivity index (χ0) is 20.9. The highest BCUT2D eigenvalue weighted by Gasteiger charge is 2.37. The smallest absolute Gasteiger partial charge is 0.307 e. The van der Waals surface area contributed by atoms with Crippen LogP contribution in [0, 0.1) is 6.92 Å². The van der Waals surface area contributed by atoms with E-state index in [0.29, 0.717) is 27.0 Å². The average Bonchev–Trinajstić information content (AvgIpc) is 3.05. The minimum absolute atomic E-state index is 0.140. The van der Waals surface area contributed by atoms with Gasteiger partial charge in [0, 0.05) is 0 Å². The second-order valence-electron chi connectivity index (χ2n) is 6.49. The van der Waals surface area contributed by atoms with Crippen molar-refractivity contribution >= 4 is 73.9 Å². The number of carboxylic acids is 1. The Kier molecular flexibility index (Phi) is 5.33. The first-order chi connectivity index (χ1) is 13.8. The van der Waals surface area contributed by atoms with E-state index < -0.39 is 24.4 Å². The molecule has 0 saturated heterocycles. The van der Waals surface area contributed by atoms with Gasteiger partial charge in [0.1, 0.15) is 16.3 Å². The third-order valence-electron chi connectivity index (χ3n) is 4.50. The van der Waals surface area contributed by atoms with Crippen LogP contribution in [-0.4, -0.2) is 28.1 Å². The van der Waals surface area contributed by atoms with E-state index in [1.807, 2.05) is 13.0 Å². The van der Waals surface area contributed by atoms with Gasteiger partial charge >= 0.3 is 5.97 Å². The Morgan fingerprint density at radius 2 is 2.07 bits per heavy atom. The van der Waals surface area contributed by atoms with Gasteiger partial charge in [-0.05, 0) is 24.6 Å². The molecule has 3 aromatic rings. The van der Waals surface area contributed by atoms with Crippen LogP contribution in [0.4, 0.5) is 5.69 Å². The maximum absolute atomic E-state index is 13.0. The molecule has 4 rings (SSSR count). The van der Waals surface area contributed by atoms with Gasteiger partial charge in [-0.2, -0.15) is 0 Å². The first-order valence-corrected chi connectivity index (χ1v) is 10.4. The minimum Gasteiger partial charge on any atom is -0.481 e. The monoisotopic (exact) mass is 470 g/mol. The molecule has 10 heteroatoms. The summed E-state index contributed by atoms with van der Waals surface area (Å²) in [5.41, 5.74) is 1.93. The highest BCUT2D eigenvalue weighted by molar-refractivity contribution is 7.18. The molecule has 0 bridgehead atoms. The zero-order valence-corrected chi connectivity index (χ0v) is 18.0. The average molecular weight is 472 g/mol. The molecule has 0 aliphatic carbocycles. The van der Waals surface area contributed by atoms with Crippen molar-refractivity contribution in [3.8, 4) is 5.75 Å². The number of thiazole rings is 1. The van der Waals surface area contributed by atoms with Crippen LogP contribution >= 0.6 is 46.1 Å². The number of carbonyl (C=O) groups is 2. The quantitative estimate of drug-likeness (QED) is 0.520. The number of amides is 1. The highest BCUT2D eigenvalue weighted by atomic mass is 35.5. The molecule has 0 saturated carbocycles. The predicted octanol–water partition coefficient (Wildman–Crippen LogP) is 5.33. The molecule has 29 heavy (non-hydrogen) atoms. The number of anilines is 1. The zero-order valence-electron chi connectivity index (χ0n) is 14.9. The molecule has 1 amide bonds. The first-order valence-electron chi connectivity index (χ1n) is 8.48. The maximum atomic E-state index is 13.0. The summed E-state index contributed by atoms with van der Waals surface area (Å²) in [4.78, 5) is 30.2. The minimum atomic E-state index is -1.12. The van der Waals surface area contributed by atoms with Crippen LogP contribution < -0.4 is 9.64 Å². The molecule has 2 aromatic carbocycles. The Morgan fingerprint density at radius 3 is 2.79 bits per heavy atom. The van der Waals surface area contributed by atoms with Gasteiger partial charge in [-0.25, -0.2) is 4.98 Å². The van der Waals surface area contributed by atoms with Crippen LogP contribution in [0.3, 0.4) is 0 Å². The molecule has 150 valence electrons. The normalized spacial score (nSPS) is 16.1. The van der Waals surface area contributed by atoms with E-state index in [0.717, 1.165) is 10.3 Å². The number of fused-ring (bicyclic) bond motifs is 2. The molecule has 1 aliphatic heterocycles. The Hall–Kier alpha value is -2.06. The van der Waals surface area contributed by atoms with Crippen molar-refractivity contribution in [1.82, 2.24) is 4.98 Å². The first kappa shape index (κ1) is 20.2. The molecule has 1 unspecified atom stereocenters. The summed E-state index contributed by atoms with van der Waals surface area (Å²) in [6, 6.07) is 7.04. The lowest BCUT2D eigenvalue weighted by Gasteiger charge is -2.34. The topological polar surface area (TPSA) is 79.7 Å². The molecule has 2 heterocycles. The number of aromatic nitrogens is 1. The largest absolute Gasteiger partial charge is 0.481 e. The van der Waals surface area contributed by atoms with Crippen molar-refractivity contribution in [2.75, 3.05) is 4.90 Å². The number of aryl methyl sites for hydroxylation is 1. The number of hydrogen-bond acceptors (Lipinski definition) is 5. The van der Waals surface area contributed by atoms with Crippen molar-refractivity contribution in [1.29, 1.82) is 0 Å². The Labute approximate surface area is 184 Å². The van der Waals surface area contributed by atoms with Crippen molar-refractivity contribution in [2.24, 2.45) is 0 Å². The van der Waals surface area contributed by atoms with Gasteiger partial charge in [-0.1, -0.05) is 46.9 Å². The molecule has 1 N–H and O–H groups in total. The summed E-state index contributed by atoms with van der Waals surface area (Å²) in [7, 11) is 0. The third-order valence-corrected chi connectivity index (χ3v) is 6.74. The second-order valence-corrected chi connectivity index (χ2v) is 8.77. The summed E-state index contributed by atoms with van der Waals surface area (Å²) in [5.74, 6) is -1.09. The summed E-state index contributed by atoms with van der Waals surface area (Å²) >= 11 is 19.8. The van der Waals surface area contributed by atoms with Gasteiger partial charge in [0.05, 0.1) is 38.4 Å². The van der Waals surface area contributed by atoms with Crippen LogP contribution in [0.1, 0.15) is 17.0 Å². The Bertz CT molecular complexity index is 1160. The van der Waals surface area contributed by atoms with E-state index >= 15 is 0 Å². The number of nitrogens with zero attached hydrogens (tertiary/aromatic N) is 2. The van der Waals surface area contributed by atoms with Crippen LogP contribution in [0.5, 0.6) is 5.75 Å². The molecular formula is C19H13Cl3N2O4S. The standard InChI is InChI=1S/C19H13Cl3N2O4S/c1-8-3-2-4-10-18(8)24(19(27)11(28-10)6-14(25)26)7-13-23-17-12(29-13)5-9(20)15(21)16(17)22/h2-5,11H,6-7H2,1H3,(H,25,26). The SMILES string of the molecule is Cc1cccc2c1N(Cc1nc3c(Cl)c(Cl)c(Cl)cc3s1)C(=O)C(CC(=O)O)O2. The van der Waals surface area contributed by atoms with Crippen LogP contribution in [-0.2, 0) is 16.1 Å². The van der Waals surface area contributed by atoms with E-state index in [1.54, 1.807) is 18.2 Å². The van der Waals surface area contributed by atoms with Crippen LogP contribution in [0.2, 0.25) is 15.1 Å². The molecule has 0 spiro atoms. The molecular weight excluding hydrogens is 459 g/mol. The molecule has 0 radical (unpaired) electrons. The van der Waals surface area contributed by atoms with Crippen LogP contribution in [0.15, 0.2) is 24.3 Å². The lowest BCUT2D eigenvalue weighted by molar-refractivity contribution is -0.142. The van der Waals surface area contributed by atoms with E-state index in [4.69, 9.17) is 44.6 Å². The fourth-order valence-electron chi connectivity index (χ4n) is 3.23. The van der Waals surface area contributed by atoms with E-state index in [2.05, 4.69) is 4.98 Å². The van der Waals surface area contributed by atoms with Gasteiger partial charge in [0.25, 0.3) is 5.91 Å². The Balaban J connectivity index is 1.77. The number of ether oxygens (including phenoxy) is 1. The lowest BCUT2D eigenvalue weighted by Crippen LogP contribution is -2.46. The van der Waals surface area contributed by atoms with Crippen molar-refractivity contribution in [3.05, 3.63) is 49.9 Å². The van der Waals surface area contributed by atoms with Crippen LogP contribution in [0.25, 0.3) is 10.2 Å². The number of aliphatic carboxylic acids is 1. The second kappa shape index (κ2) is 7.65. The van der Waals surface area contributed by atoms with E-state index in [9.17, 15) is 9.59 Å². The van der Waals surface area contributed by atoms with Crippen molar-refractivity contribution < 1.29 is 19.4 Å². The highest BCUT2D eigenvalue weighted by Crippen LogP contribution is 2.41. The number of para-hydroxylation sites is 1. The van der Waals surface area contributed by atoms with Crippen molar-refractivity contribution in [2.45, 2.75) is 26.0 Å². The summed E-state index contributed by atoms with van der Waals surface area (Å²) in [6.45, 7) is 2.00. The summed E-state index contributed by atoms with van der Waals surface area (Å²) < 4.78 is 6.41. The van der Waals surface area contributed by atoms with Crippen molar-refractivity contribution in [3.63, 3.8) is 0 Å². The molecule has 6 nitrogen and oxygen atoms in total. The number of carbonyl (C=O) groups excluding carboxylic acids is 1. The molecule has 1 aromatic heterocycles. The fourth-order valence-corrected chi connectivity index (χ4v) is 5.00. The maximum Gasteiger partial charge on any atom is 0.307 e. The number of halogens is 3. The predicted molar refractivity (Wildman–Crippen MR) is 114 cm³/mol. The molecule has 1 atom stereocenters. The summed E-state index contributed by atoms with van der Waals surface area (Å²) in [5, 5.41) is 10.6. The van der Waals surface area contributed by atoms with Gasteiger partial charge in [-0.15, -0.1) is 11.3 Å². The summed E-state index contributed by atoms with van der Waals surface area (Å²) in [6.07, 6.45) is -1.54. The Morgan fingerprint density at radius 1 is 1.31 bits per heavy atom. The molecule has 1 aliphatic rings. The van der Waals surface area contributed by atoms with Gasteiger partial charge < -0.3 is 9.84 Å². The van der Waals surface area contributed by atoms with Gasteiger partial charge in [0.2, 0.25) is 0 Å². The number of hydrogen-bond donors (Lipinski definition) is 1. The van der Waals surface area contributed by atoms with E-state index in [-0.39, 0.29) is 16.6 Å². The number of carboxylic acid groups (broad SMARTS) is 1. The van der Waals surface area contributed by atoms with Gasteiger partial charge in [0.15, 0.2) is 6.10 Å². The fraction of sp³-hybridized carbons (Fsp3) is 0.211. The van der Waals surface area contributed by atoms with Gasteiger partial charge in [-0.3, -0.25) is 14.5 Å². The molecule has 0 fully saturated rings. The number of rotatable bonds is 4.